The summed E-state index contributed by atoms with van der Waals surface area (Å²) in [6.07, 6.45) is 0.150. The summed E-state index contributed by atoms with van der Waals surface area (Å²) in [5.41, 5.74) is 1.86. The van der Waals surface area contributed by atoms with E-state index < -0.39 is 11.9 Å². The van der Waals surface area contributed by atoms with Gasteiger partial charge in [-0.05, 0) is 35.4 Å². The van der Waals surface area contributed by atoms with Crippen LogP contribution < -0.4 is 10.1 Å². The molecule has 1 fully saturated rings. The molecular weight excluding hydrogens is 360 g/mol. The fraction of sp³-hybridized carbons (Fsp3) is 0.286. The van der Waals surface area contributed by atoms with E-state index in [1.807, 2.05) is 24.3 Å². The molecule has 0 aliphatic carbocycles. The number of nitrogens with zero attached hydrogens (tertiary/aromatic N) is 1. The smallest absolute Gasteiger partial charge is 0.335 e. The van der Waals surface area contributed by atoms with Crippen LogP contribution in [0.3, 0.4) is 0 Å². The van der Waals surface area contributed by atoms with Gasteiger partial charge in [0.05, 0.1) is 24.6 Å². The monoisotopic (exact) mass is 382 g/mol. The Balaban J connectivity index is 1.71. The van der Waals surface area contributed by atoms with Gasteiger partial charge in [0, 0.05) is 20.0 Å². The highest BCUT2D eigenvalue weighted by Gasteiger charge is 2.42. The summed E-state index contributed by atoms with van der Waals surface area (Å²) in [7, 11) is 3.29. The molecule has 0 radical (unpaired) electrons. The van der Waals surface area contributed by atoms with E-state index in [1.54, 1.807) is 31.2 Å². The normalized spacial score (nSPS) is 18.8. The van der Waals surface area contributed by atoms with E-state index in [0.29, 0.717) is 5.75 Å². The first-order chi connectivity index (χ1) is 13.4. The SMILES string of the molecule is COc1ccc([C@@H]2[C@@H](C(=O)NCc3ccc(C(=O)O)cc3)CC(=O)N2C)cc1. The lowest BCUT2D eigenvalue weighted by molar-refractivity contribution is -0.128. The Morgan fingerprint density at radius 1 is 1.14 bits per heavy atom. The molecule has 1 aliphatic rings. The molecule has 1 saturated heterocycles. The summed E-state index contributed by atoms with van der Waals surface area (Å²) in [4.78, 5) is 37.5. The Hall–Kier alpha value is -3.35. The second kappa shape index (κ2) is 8.12. The molecule has 0 bridgehead atoms. The van der Waals surface area contributed by atoms with Crippen molar-refractivity contribution < 1.29 is 24.2 Å². The molecule has 0 spiro atoms. The largest absolute Gasteiger partial charge is 0.497 e. The summed E-state index contributed by atoms with van der Waals surface area (Å²) >= 11 is 0. The van der Waals surface area contributed by atoms with Gasteiger partial charge in [-0.15, -0.1) is 0 Å². The van der Waals surface area contributed by atoms with Crippen molar-refractivity contribution in [3.8, 4) is 5.75 Å². The highest BCUT2D eigenvalue weighted by molar-refractivity contribution is 5.90. The van der Waals surface area contributed by atoms with Crippen molar-refractivity contribution in [2.24, 2.45) is 5.92 Å². The van der Waals surface area contributed by atoms with Crippen molar-refractivity contribution in [1.29, 1.82) is 0 Å². The Morgan fingerprint density at radius 3 is 2.36 bits per heavy atom. The highest BCUT2D eigenvalue weighted by Crippen LogP contribution is 2.37. The maximum absolute atomic E-state index is 12.8. The average Bonchev–Trinajstić information content (AvgIpc) is 3.01. The number of ether oxygens (including phenoxy) is 1. The second-order valence-electron chi connectivity index (χ2n) is 6.75. The number of carboxylic acids is 1. The minimum atomic E-state index is -0.995. The molecule has 146 valence electrons. The number of aromatic carboxylic acids is 1. The molecule has 0 unspecified atom stereocenters. The summed E-state index contributed by atoms with van der Waals surface area (Å²) in [5, 5.41) is 11.8. The number of benzene rings is 2. The lowest BCUT2D eigenvalue weighted by Crippen LogP contribution is -2.34. The van der Waals surface area contributed by atoms with Crippen molar-refractivity contribution in [1.82, 2.24) is 10.2 Å². The van der Waals surface area contributed by atoms with Gasteiger partial charge < -0.3 is 20.1 Å². The molecule has 2 aromatic carbocycles. The van der Waals surface area contributed by atoms with Gasteiger partial charge in [0.15, 0.2) is 0 Å². The number of methoxy groups -OCH3 is 1. The topological polar surface area (TPSA) is 95.9 Å². The second-order valence-corrected chi connectivity index (χ2v) is 6.75. The van der Waals surface area contributed by atoms with E-state index in [4.69, 9.17) is 9.84 Å². The molecule has 3 rings (SSSR count). The van der Waals surface area contributed by atoms with Crippen molar-refractivity contribution in [3.05, 3.63) is 65.2 Å². The minimum absolute atomic E-state index is 0.0771. The fourth-order valence-electron chi connectivity index (χ4n) is 3.45. The lowest BCUT2D eigenvalue weighted by Gasteiger charge is -2.25. The van der Waals surface area contributed by atoms with Crippen LogP contribution >= 0.6 is 0 Å². The van der Waals surface area contributed by atoms with Gasteiger partial charge in [0.25, 0.3) is 0 Å². The standard InChI is InChI=1S/C21H22N2O5/c1-23-18(24)11-17(19(23)14-7-9-16(28-2)10-8-14)20(25)22-12-13-3-5-15(6-4-13)21(26)27/h3-10,17,19H,11-12H2,1-2H3,(H,22,25)(H,26,27)/t17-,19+/m0/s1. The third kappa shape index (κ3) is 3.98. The van der Waals surface area contributed by atoms with Crippen LogP contribution in [0.4, 0.5) is 0 Å². The van der Waals surface area contributed by atoms with Gasteiger partial charge >= 0.3 is 5.97 Å². The van der Waals surface area contributed by atoms with E-state index in [0.717, 1.165) is 11.1 Å². The molecule has 1 heterocycles. The molecule has 7 heteroatoms. The van der Waals surface area contributed by atoms with Crippen LogP contribution in [0.5, 0.6) is 5.75 Å². The minimum Gasteiger partial charge on any atom is -0.497 e. The van der Waals surface area contributed by atoms with E-state index in [1.165, 1.54) is 12.1 Å². The fourth-order valence-corrected chi connectivity index (χ4v) is 3.45. The number of carbonyl (C=O) groups is 3. The molecule has 7 nitrogen and oxygen atoms in total. The Morgan fingerprint density at radius 2 is 1.79 bits per heavy atom. The Labute approximate surface area is 162 Å². The van der Waals surface area contributed by atoms with Crippen LogP contribution in [0.1, 0.15) is 33.9 Å². The predicted octanol–water partition coefficient (Wildman–Crippen LogP) is 2.23. The quantitative estimate of drug-likeness (QED) is 0.799. The summed E-state index contributed by atoms with van der Waals surface area (Å²) < 4.78 is 5.17. The van der Waals surface area contributed by atoms with Crippen LogP contribution in [0.25, 0.3) is 0 Å². The lowest BCUT2D eigenvalue weighted by atomic mass is 9.92. The first-order valence-corrected chi connectivity index (χ1v) is 8.90. The number of amides is 2. The molecular formula is C21H22N2O5. The van der Waals surface area contributed by atoms with Crippen LogP contribution in [-0.4, -0.2) is 41.9 Å². The molecule has 2 aromatic rings. The first-order valence-electron chi connectivity index (χ1n) is 8.90. The molecule has 1 aliphatic heterocycles. The van der Waals surface area contributed by atoms with Gasteiger partial charge in [0.2, 0.25) is 11.8 Å². The molecule has 0 aromatic heterocycles. The number of hydrogen-bond acceptors (Lipinski definition) is 4. The molecule has 2 amide bonds. The van der Waals surface area contributed by atoms with Crippen LogP contribution in [0.2, 0.25) is 0 Å². The van der Waals surface area contributed by atoms with E-state index in [9.17, 15) is 14.4 Å². The molecule has 2 atom stereocenters. The van der Waals surface area contributed by atoms with Gasteiger partial charge in [-0.3, -0.25) is 9.59 Å². The van der Waals surface area contributed by atoms with Crippen molar-refractivity contribution in [3.63, 3.8) is 0 Å². The number of carbonyl (C=O) groups excluding carboxylic acids is 2. The van der Waals surface area contributed by atoms with Gasteiger partial charge in [-0.25, -0.2) is 4.79 Å². The third-order valence-electron chi connectivity index (χ3n) is 5.05. The van der Waals surface area contributed by atoms with Crippen LogP contribution in [0.15, 0.2) is 48.5 Å². The number of likely N-dealkylation sites (tertiary alicyclic amines) is 1. The maximum Gasteiger partial charge on any atom is 0.335 e. The van der Waals surface area contributed by atoms with Gasteiger partial charge in [0.1, 0.15) is 5.75 Å². The van der Waals surface area contributed by atoms with Crippen LogP contribution in [-0.2, 0) is 16.1 Å². The Kier molecular flexibility index (Phi) is 5.63. The van der Waals surface area contributed by atoms with Crippen molar-refractivity contribution in [2.75, 3.05) is 14.2 Å². The molecule has 28 heavy (non-hydrogen) atoms. The molecule has 2 N–H and O–H groups in total. The van der Waals surface area contributed by atoms with E-state index >= 15 is 0 Å². The maximum atomic E-state index is 12.8. The summed E-state index contributed by atoms with van der Waals surface area (Å²) in [6.45, 7) is 0.266. The van der Waals surface area contributed by atoms with Crippen molar-refractivity contribution >= 4 is 17.8 Å². The number of hydrogen-bond donors (Lipinski definition) is 2. The summed E-state index contributed by atoms with van der Waals surface area (Å²) in [5.74, 6) is -1.07. The van der Waals surface area contributed by atoms with Crippen molar-refractivity contribution in [2.45, 2.75) is 19.0 Å². The number of rotatable bonds is 6. The zero-order valence-electron chi connectivity index (χ0n) is 15.7. The molecule has 0 saturated carbocycles. The van der Waals surface area contributed by atoms with Gasteiger partial charge in [-0.1, -0.05) is 24.3 Å². The van der Waals surface area contributed by atoms with Crippen LogP contribution in [0, 0.1) is 5.92 Å². The third-order valence-corrected chi connectivity index (χ3v) is 5.05. The highest BCUT2D eigenvalue weighted by atomic mass is 16.5. The van der Waals surface area contributed by atoms with Gasteiger partial charge in [-0.2, -0.15) is 0 Å². The first kappa shape index (κ1) is 19.4. The van der Waals surface area contributed by atoms with E-state index in [2.05, 4.69) is 5.32 Å². The zero-order valence-corrected chi connectivity index (χ0v) is 15.7. The average molecular weight is 382 g/mol. The Bertz CT molecular complexity index is 877. The number of nitrogens with one attached hydrogen (secondary N) is 1. The summed E-state index contributed by atoms with van der Waals surface area (Å²) in [6, 6.07) is 13.3. The zero-order chi connectivity index (χ0) is 20.3. The van der Waals surface area contributed by atoms with E-state index in [-0.39, 0.29) is 36.4 Å². The predicted molar refractivity (Wildman–Crippen MR) is 102 cm³/mol. The number of carboxylic acid groups (broad SMARTS) is 1.